The molecular formula is C7H12ClN3O3S. The van der Waals surface area contributed by atoms with Crippen LogP contribution < -0.4 is 4.72 Å². The molecule has 0 aliphatic heterocycles. The van der Waals surface area contributed by atoms with Crippen LogP contribution in [0.1, 0.15) is 0 Å². The number of aromatic amines is 1. The summed E-state index contributed by atoms with van der Waals surface area (Å²) < 4.78 is 30.2. The molecule has 0 aromatic carbocycles. The smallest absolute Gasteiger partial charge is 0.243 e. The average Bonchev–Trinajstić information content (AvgIpc) is 2.69. The Labute approximate surface area is 93.0 Å². The van der Waals surface area contributed by atoms with Gasteiger partial charge in [0, 0.05) is 19.9 Å². The Balaban J connectivity index is 2.52. The molecule has 1 rings (SSSR count). The Kier molecular flexibility index (Phi) is 4.52. The number of rotatable bonds is 6. The number of hydrogen-bond donors (Lipinski definition) is 2. The van der Waals surface area contributed by atoms with Gasteiger partial charge >= 0.3 is 0 Å². The van der Waals surface area contributed by atoms with Crippen molar-refractivity contribution >= 4 is 21.6 Å². The zero-order valence-electron chi connectivity index (χ0n) is 8.10. The van der Waals surface area contributed by atoms with Gasteiger partial charge in [-0.05, 0) is 0 Å². The Bertz CT molecular complexity index is 378. The number of alkyl halides is 1. The minimum atomic E-state index is -3.51. The van der Waals surface area contributed by atoms with E-state index < -0.39 is 15.4 Å². The third kappa shape index (κ3) is 3.78. The summed E-state index contributed by atoms with van der Waals surface area (Å²) in [6.07, 6.45) is 2.52. The minimum Gasteiger partial charge on any atom is -0.383 e. The highest BCUT2D eigenvalue weighted by Crippen LogP contribution is 2.05. The van der Waals surface area contributed by atoms with Crippen LogP contribution in [0.5, 0.6) is 0 Å². The fourth-order valence-electron chi connectivity index (χ4n) is 0.909. The fraction of sp³-hybridized carbons (Fsp3) is 0.571. The Hall–Kier alpha value is -0.630. The van der Waals surface area contributed by atoms with Crippen LogP contribution in [-0.2, 0) is 14.8 Å². The highest BCUT2D eigenvalue weighted by Gasteiger charge is 2.16. The van der Waals surface area contributed by atoms with Crippen molar-refractivity contribution in [1.82, 2.24) is 14.9 Å². The van der Waals surface area contributed by atoms with E-state index in [0.29, 0.717) is 0 Å². The summed E-state index contributed by atoms with van der Waals surface area (Å²) in [4.78, 5) is 0.0868. The van der Waals surface area contributed by atoms with Crippen LogP contribution in [0.2, 0.25) is 0 Å². The van der Waals surface area contributed by atoms with Gasteiger partial charge in [0.25, 0.3) is 0 Å². The first-order valence-electron chi connectivity index (χ1n) is 4.17. The van der Waals surface area contributed by atoms with Crippen LogP contribution in [0.25, 0.3) is 0 Å². The highest BCUT2D eigenvalue weighted by atomic mass is 35.5. The molecule has 2 N–H and O–H groups in total. The summed E-state index contributed by atoms with van der Waals surface area (Å²) in [7, 11) is -2.01. The molecule has 1 atom stereocenters. The lowest BCUT2D eigenvalue weighted by atomic mass is 10.5. The molecule has 0 radical (unpaired) electrons. The standard InChI is InChI=1S/C7H12ClN3O3S/c1-14-5-6(8)2-11-15(12,13)7-3-9-10-4-7/h3-4,6,11H,2,5H2,1H3,(H,9,10). The van der Waals surface area contributed by atoms with Gasteiger partial charge in [-0.15, -0.1) is 11.6 Å². The largest absolute Gasteiger partial charge is 0.383 e. The number of sulfonamides is 1. The first-order valence-corrected chi connectivity index (χ1v) is 6.09. The predicted molar refractivity (Wildman–Crippen MR) is 55.3 cm³/mol. The quantitative estimate of drug-likeness (QED) is 0.696. The van der Waals surface area contributed by atoms with E-state index in [4.69, 9.17) is 16.3 Å². The van der Waals surface area contributed by atoms with E-state index in [0.717, 1.165) is 0 Å². The molecule has 6 nitrogen and oxygen atoms in total. The van der Waals surface area contributed by atoms with Crippen LogP contribution in [0, 0.1) is 0 Å². The molecule has 86 valence electrons. The predicted octanol–water partition coefficient (Wildman–Crippen LogP) is -0.0582. The normalized spacial score (nSPS) is 14.0. The molecule has 15 heavy (non-hydrogen) atoms. The van der Waals surface area contributed by atoms with E-state index >= 15 is 0 Å². The molecule has 0 spiro atoms. The first kappa shape index (κ1) is 12.4. The van der Waals surface area contributed by atoms with Gasteiger partial charge in [-0.25, -0.2) is 13.1 Å². The molecule has 0 fully saturated rings. The van der Waals surface area contributed by atoms with Crippen LogP contribution in [0.15, 0.2) is 17.3 Å². The summed E-state index contributed by atoms with van der Waals surface area (Å²) in [5.74, 6) is 0. The lowest BCUT2D eigenvalue weighted by molar-refractivity contribution is 0.198. The summed E-state index contributed by atoms with van der Waals surface area (Å²) >= 11 is 5.77. The zero-order valence-corrected chi connectivity index (χ0v) is 9.68. The lowest BCUT2D eigenvalue weighted by Crippen LogP contribution is -2.31. The van der Waals surface area contributed by atoms with Crippen LogP contribution >= 0.6 is 11.6 Å². The summed E-state index contributed by atoms with van der Waals surface area (Å²) in [6.45, 7) is 0.401. The molecule has 0 amide bonds. The van der Waals surface area contributed by atoms with Crippen molar-refractivity contribution in [1.29, 1.82) is 0 Å². The molecular weight excluding hydrogens is 242 g/mol. The maximum absolute atomic E-state index is 11.5. The highest BCUT2D eigenvalue weighted by molar-refractivity contribution is 7.89. The van der Waals surface area contributed by atoms with Gasteiger partial charge in [-0.1, -0.05) is 0 Å². The van der Waals surface area contributed by atoms with Crippen molar-refractivity contribution in [2.75, 3.05) is 20.3 Å². The number of halogens is 1. The van der Waals surface area contributed by atoms with Gasteiger partial charge in [0.05, 0.1) is 18.2 Å². The number of hydrogen-bond acceptors (Lipinski definition) is 4. The van der Waals surface area contributed by atoms with E-state index in [1.807, 2.05) is 0 Å². The zero-order chi connectivity index (χ0) is 11.3. The topological polar surface area (TPSA) is 84.1 Å². The molecule has 1 heterocycles. The van der Waals surface area contributed by atoms with E-state index in [1.165, 1.54) is 19.5 Å². The second kappa shape index (κ2) is 5.45. The average molecular weight is 254 g/mol. The van der Waals surface area contributed by atoms with Gasteiger partial charge in [0.15, 0.2) is 0 Å². The number of nitrogens with zero attached hydrogens (tertiary/aromatic N) is 1. The summed E-state index contributed by atoms with van der Waals surface area (Å²) in [6, 6.07) is 0. The monoisotopic (exact) mass is 253 g/mol. The third-order valence-corrected chi connectivity index (χ3v) is 3.30. The van der Waals surface area contributed by atoms with Crippen LogP contribution in [0.4, 0.5) is 0 Å². The van der Waals surface area contributed by atoms with Crippen LogP contribution in [0.3, 0.4) is 0 Å². The minimum absolute atomic E-state index is 0.0868. The maximum Gasteiger partial charge on any atom is 0.243 e. The van der Waals surface area contributed by atoms with Gasteiger partial charge < -0.3 is 4.74 Å². The number of ether oxygens (including phenoxy) is 1. The van der Waals surface area contributed by atoms with E-state index in [2.05, 4.69) is 14.9 Å². The van der Waals surface area contributed by atoms with E-state index in [-0.39, 0.29) is 18.0 Å². The molecule has 0 aliphatic carbocycles. The van der Waals surface area contributed by atoms with Gasteiger partial charge in [0.1, 0.15) is 4.90 Å². The second-order valence-electron chi connectivity index (χ2n) is 2.84. The summed E-state index contributed by atoms with van der Waals surface area (Å²) in [5.41, 5.74) is 0. The van der Waals surface area contributed by atoms with Gasteiger partial charge in [0.2, 0.25) is 10.0 Å². The Morgan fingerprint density at radius 2 is 2.47 bits per heavy atom. The molecule has 1 unspecified atom stereocenters. The first-order chi connectivity index (χ1) is 7.06. The molecule has 0 saturated carbocycles. The molecule has 1 aromatic rings. The fourth-order valence-corrected chi connectivity index (χ4v) is 2.19. The van der Waals surface area contributed by atoms with Crippen molar-refractivity contribution in [2.24, 2.45) is 0 Å². The SMILES string of the molecule is COCC(Cl)CNS(=O)(=O)c1cn[nH]c1. The Morgan fingerprint density at radius 3 is 3.00 bits per heavy atom. The second-order valence-corrected chi connectivity index (χ2v) is 5.22. The molecule has 8 heteroatoms. The van der Waals surface area contributed by atoms with Crippen molar-refractivity contribution in [3.05, 3.63) is 12.4 Å². The molecule has 0 bridgehead atoms. The van der Waals surface area contributed by atoms with Crippen molar-refractivity contribution in [2.45, 2.75) is 10.3 Å². The molecule has 0 saturated heterocycles. The van der Waals surface area contributed by atoms with Crippen molar-refractivity contribution < 1.29 is 13.2 Å². The number of methoxy groups -OCH3 is 1. The van der Waals surface area contributed by atoms with E-state index in [9.17, 15) is 8.42 Å². The lowest BCUT2D eigenvalue weighted by Gasteiger charge is -2.09. The number of nitrogens with one attached hydrogen (secondary N) is 2. The van der Waals surface area contributed by atoms with E-state index in [1.54, 1.807) is 0 Å². The van der Waals surface area contributed by atoms with Gasteiger partial charge in [-0.3, -0.25) is 5.10 Å². The maximum atomic E-state index is 11.5. The summed E-state index contributed by atoms with van der Waals surface area (Å²) in [5, 5.41) is 5.58. The number of aromatic nitrogens is 2. The third-order valence-electron chi connectivity index (χ3n) is 1.63. The van der Waals surface area contributed by atoms with Crippen molar-refractivity contribution in [3.63, 3.8) is 0 Å². The Morgan fingerprint density at radius 1 is 1.73 bits per heavy atom. The van der Waals surface area contributed by atoms with Gasteiger partial charge in [-0.2, -0.15) is 5.10 Å². The molecule has 1 aromatic heterocycles. The van der Waals surface area contributed by atoms with Crippen molar-refractivity contribution in [3.8, 4) is 0 Å². The van der Waals surface area contributed by atoms with Crippen LogP contribution in [-0.4, -0.2) is 44.3 Å². The molecule has 0 aliphatic rings. The number of H-pyrrole nitrogens is 1.